The van der Waals surface area contributed by atoms with E-state index in [2.05, 4.69) is 25.7 Å². The molecule has 2 atom stereocenters. The van der Waals surface area contributed by atoms with Crippen molar-refractivity contribution in [3.8, 4) is 23.6 Å². The van der Waals surface area contributed by atoms with E-state index in [1.807, 2.05) is 11.9 Å². The van der Waals surface area contributed by atoms with Crippen molar-refractivity contribution in [2.75, 3.05) is 56.1 Å². The highest BCUT2D eigenvalue weighted by Crippen LogP contribution is 2.41. The third-order valence-electron chi connectivity index (χ3n) is 8.58. The summed E-state index contributed by atoms with van der Waals surface area (Å²) in [6.07, 6.45) is 4.12. The fourth-order valence-electron chi connectivity index (χ4n) is 6.33. The lowest BCUT2D eigenvalue weighted by atomic mass is 9.93. The van der Waals surface area contributed by atoms with Crippen molar-refractivity contribution < 1.29 is 26.7 Å². The van der Waals surface area contributed by atoms with E-state index in [0.29, 0.717) is 43.3 Å². The Hall–Kier alpha value is -4.08. The Bertz CT molecular complexity index is 1780. The van der Waals surface area contributed by atoms with Crippen LogP contribution in [0, 0.1) is 24.0 Å². The summed E-state index contributed by atoms with van der Waals surface area (Å²) in [7, 11) is 2.01. The number of aromatic nitrogens is 3. The maximum atomic E-state index is 16.7. The van der Waals surface area contributed by atoms with Crippen LogP contribution in [0.4, 0.5) is 33.7 Å². The maximum absolute atomic E-state index is 16.7. The molecule has 5 heterocycles. The number of nitrogens with zero attached hydrogens (tertiary/aromatic N) is 6. The first kappa shape index (κ1) is 27.7. The lowest BCUT2D eigenvalue weighted by Gasteiger charge is -2.35. The normalized spacial score (nSPS) is 21.1. The maximum Gasteiger partial charge on any atom is 0.416 e. The summed E-state index contributed by atoms with van der Waals surface area (Å²) in [5.41, 5.74) is -2.04. The van der Waals surface area contributed by atoms with Gasteiger partial charge in [0.2, 0.25) is 5.95 Å². The number of hydrogen-bond acceptors (Lipinski definition) is 7. The predicted molar refractivity (Wildman–Crippen MR) is 153 cm³/mol. The minimum atomic E-state index is -4.75. The Morgan fingerprint density at radius 1 is 0.977 bits per heavy atom. The number of terminal acetylenes is 1. The van der Waals surface area contributed by atoms with E-state index in [-0.39, 0.29) is 39.6 Å². The summed E-state index contributed by atoms with van der Waals surface area (Å²) in [6.45, 7) is 3.91. The Morgan fingerprint density at radius 3 is 2.37 bits per heavy atom. The molecule has 2 bridgehead atoms. The van der Waals surface area contributed by atoms with Crippen molar-refractivity contribution >= 4 is 33.4 Å². The van der Waals surface area contributed by atoms with Gasteiger partial charge >= 0.3 is 6.18 Å². The molecule has 0 radical (unpaired) electrons. The molecular weight excluding hydrogens is 567 g/mol. The highest BCUT2D eigenvalue weighted by Gasteiger charge is 2.36. The molecule has 2 aromatic heterocycles. The average molecular weight is 595 g/mol. The molecule has 3 aliphatic rings. The smallest absolute Gasteiger partial charge is 0.371 e. The molecule has 3 saturated heterocycles. The quantitative estimate of drug-likeness (QED) is 0.238. The summed E-state index contributed by atoms with van der Waals surface area (Å²) in [5, 5.41) is 0.324. The largest absolute Gasteiger partial charge is 0.416 e. The number of anilines is 2. The average Bonchev–Trinajstić information content (AvgIpc) is 3.33. The molecule has 0 spiro atoms. The zero-order valence-electron chi connectivity index (χ0n) is 23.3. The number of pyridine rings is 1. The van der Waals surface area contributed by atoms with E-state index in [0.717, 1.165) is 44.1 Å². The van der Waals surface area contributed by atoms with Crippen molar-refractivity contribution in [1.82, 2.24) is 19.9 Å². The van der Waals surface area contributed by atoms with Crippen LogP contribution in [0.2, 0.25) is 0 Å². The molecule has 222 valence electrons. The van der Waals surface area contributed by atoms with Crippen LogP contribution < -0.4 is 9.80 Å². The van der Waals surface area contributed by atoms with Crippen LogP contribution in [0.25, 0.3) is 32.9 Å². The Labute approximate surface area is 244 Å². The zero-order chi connectivity index (χ0) is 30.0. The number of morpholine rings is 1. The van der Waals surface area contributed by atoms with Gasteiger partial charge in [0.25, 0.3) is 0 Å². The number of halogens is 5. The van der Waals surface area contributed by atoms with Crippen LogP contribution in [0.5, 0.6) is 0 Å². The lowest BCUT2D eigenvalue weighted by Crippen LogP contribution is -2.46. The number of ether oxygens (including phenoxy) is 1. The molecule has 7 rings (SSSR count). The molecule has 43 heavy (non-hydrogen) atoms. The number of fused-ring (bicyclic) bond motifs is 4. The standard InChI is InChI=1S/C31H27F5N6O/c1-3-21-24(32)7-4-17-12-18(31(34,35)36)13-22(25(17)21)27-26(33)28-23(14-37-27)29(42-15-19-5-6-20(16-42)43-19)39-30(38-28)41-10-8-40(2)9-11-41/h1,4,7,12-14,19-20H,5-6,8-11,15-16H2,2H3/t19-,20+. The molecule has 12 heteroatoms. The molecule has 3 fully saturated rings. The van der Waals surface area contributed by atoms with E-state index in [1.165, 1.54) is 12.3 Å². The van der Waals surface area contributed by atoms with Crippen molar-refractivity contribution in [3.05, 3.63) is 53.2 Å². The first-order chi connectivity index (χ1) is 20.6. The van der Waals surface area contributed by atoms with Gasteiger partial charge in [0, 0.05) is 56.4 Å². The summed E-state index contributed by atoms with van der Waals surface area (Å²) in [4.78, 5) is 20.0. The van der Waals surface area contributed by atoms with Gasteiger partial charge in [0.15, 0.2) is 5.82 Å². The van der Waals surface area contributed by atoms with Crippen LogP contribution in [-0.4, -0.2) is 78.4 Å². The van der Waals surface area contributed by atoms with Crippen molar-refractivity contribution in [3.63, 3.8) is 0 Å². The molecule has 0 N–H and O–H groups in total. The van der Waals surface area contributed by atoms with E-state index >= 15 is 4.39 Å². The molecular formula is C31H27F5N6O. The minimum Gasteiger partial charge on any atom is -0.371 e. The number of benzene rings is 2. The van der Waals surface area contributed by atoms with Gasteiger partial charge < -0.3 is 19.4 Å². The Kier molecular flexibility index (Phi) is 6.63. The van der Waals surface area contributed by atoms with E-state index in [9.17, 15) is 17.6 Å². The van der Waals surface area contributed by atoms with Gasteiger partial charge in [0.05, 0.1) is 28.7 Å². The van der Waals surface area contributed by atoms with Crippen LogP contribution >= 0.6 is 0 Å². The number of likely N-dealkylation sites (N-methyl/N-ethyl adjacent to an activating group) is 1. The third-order valence-corrected chi connectivity index (χ3v) is 8.58. The summed E-state index contributed by atoms with van der Waals surface area (Å²) < 4.78 is 79.4. The second kappa shape index (κ2) is 10.3. The van der Waals surface area contributed by atoms with Crippen molar-refractivity contribution in [2.24, 2.45) is 0 Å². The molecule has 2 aromatic carbocycles. The number of piperazine rings is 1. The molecule has 0 amide bonds. The van der Waals surface area contributed by atoms with Gasteiger partial charge in [-0.15, -0.1) is 6.42 Å². The Balaban J connectivity index is 1.47. The van der Waals surface area contributed by atoms with Gasteiger partial charge in [-0.3, -0.25) is 4.98 Å². The van der Waals surface area contributed by atoms with E-state index in [1.54, 1.807) is 0 Å². The summed E-state index contributed by atoms with van der Waals surface area (Å²) in [6, 6.07) is 3.84. The van der Waals surface area contributed by atoms with Crippen LogP contribution in [0.15, 0.2) is 30.5 Å². The van der Waals surface area contributed by atoms with Gasteiger partial charge in [-0.2, -0.15) is 18.2 Å². The predicted octanol–water partition coefficient (Wildman–Crippen LogP) is 5.24. The monoisotopic (exact) mass is 594 g/mol. The molecule has 3 aliphatic heterocycles. The fourth-order valence-corrected chi connectivity index (χ4v) is 6.33. The summed E-state index contributed by atoms with van der Waals surface area (Å²) >= 11 is 0. The van der Waals surface area contributed by atoms with Gasteiger partial charge in [-0.05, 0) is 43.5 Å². The molecule has 7 nitrogen and oxygen atoms in total. The SMILES string of the molecule is C#Cc1c(F)ccc2cc(C(F)(F)F)cc(-c3ncc4c(N5C[C@H]6CC[C@@H](C5)O6)nc(N5CCN(C)CC5)nc4c3F)c12. The van der Waals surface area contributed by atoms with Crippen LogP contribution in [-0.2, 0) is 10.9 Å². The Morgan fingerprint density at radius 2 is 1.70 bits per heavy atom. The van der Waals surface area contributed by atoms with E-state index < -0.39 is 29.1 Å². The van der Waals surface area contributed by atoms with Crippen LogP contribution in [0.3, 0.4) is 0 Å². The number of rotatable bonds is 3. The first-order valence-corrected chi connectivity index (χ1v) is 14.1. The zero-order valence-corrected chi connectivity index (χ0v) is 23.3. The van der Waals surface area contributed by atoms with Crippen LogP contribution in [0.1, 0.15) is 24.0 Å². The number of hydrogen-bond donors (Lipinski definition) is 0. The van der Waals surface area contributed by atoms with Gasteiger partial charge in [0.1, 0.15) is 22.8 Å². The van der Waals surface area contributed by atoms with E-state index in [4.69, 9.17) is 16.1 Å². The molecule has 0 saturated carbocycles. The molecule has 0 unspecified atom stereocenters. The third kappa shape index (κ3) is 4.80. The second-order valence-corrected chi connectivity index (χ2v) is 11.4. The van der Waals surface area contributed by atoms with Gasteiger partial charge in [-0.1, -0.05) is 12.0 Å². The number of alkyl halides is 3. The molecule has 4 aromatic rings. The topological polar surface area (TPSA) is 57.6 Å². The van der Waals surface area contributed by atoms with Crippen molar-refractivity contribution in [1.29, 1.82) is 0 Å². The lowest BCUT2D eigenvalue weighted by molar-refractivity contribution is -0.137. The fraction of sp³-hybridized carbons (Fsp3) is 0.387. The highest BCUT2D eigenvalue weighted by atomic mass is 19.4. The second-order valence-electron chi connectivity index (χ2n) is 11.4. The first-order valence-electron chi connectivity index (χ1n) is 14.1. The van der Waals surface area contributed by atoms with Crippen molar-refractivity contribution in [2.45, 2.75) is 31.2 Å². The minimum absolute atomic E-state index is 0.0192. The van der Waals surface area contributed by atoms with Gasteiger partial charge in [-0.25, -0.2) is 13.8 Å². The summed E-state index contributed by atoms with van der Waals surface area (Å²) in [5.74, 6) is 1.32. The molecule has 0 aliphatic carbocycles. The highest BCUT2D eigenvalue weighted by molar-refractivity contribution is 6.02.